The van der Waals surface area contributed by atoms with Gasteiger partial charge in [0.2, 0.25) is 5.82 Å². The van der Waals surface area contributed by atoms with Gasteiger partial charge in [0.25, 0.3) is 0 Å². The molecule has 0 spiro atoms. The summed E-state index contributed by atoms with van der Waals surface area (Å²) in [6.07, 6.45) is 3.09. The monoisotopic (exact) mass is 297 g/mol. The molecule has 3 aromatic rings. The van der Waals surface area contributed by atoms with Gasteiger partial charge in [-0.05, 0) is 23.6 Å². The van der Waals surface area contributed by atoms with Crippen LogP contribution < -0.4 is 11.1 Å². The largest absolute Gasteiger partial charge is 0.439 e. The van der Waals surface area contributed by atoms with E-state index in [1.807, 2.05) is 12.1 Å². The van der Waals surface area contributed by atoms with Crippen molar-refractivity contribution in [2.24, 2.45) is 0 Å². The maximum Gasteiger partial charge on any atom is 0.439 e. The van der Waals surface area contributed by atoms with Crippen LogP contribution in [0.1, 0.15) is 25.3 Å². The summed E-state index contributed by atoms with van der Waals surface area (Å²) in [6, 6.07) is 8.06. The van der Waals surface area contributed by atoms with Crippen molar-refractivity contribution in [3.05, 3.63) is 52.8 Å². The molecule has 2 heterocycles. The van der Waals surface area contributed by atoms with Gasteiger partial charge in [-0.25, -0.2) is 14.8 Å². The third-order valence-electron chi connectivity index (χ3n) is 3.20. The first-order valence-electron chi connectivity index (χ1n) is 6.88. The summed E-state index contributed by atoms with van der Waals surface area (Å²) in [7, 11) is 0. The van der Waals surface area contributed by atoms with Crippen LogP contribution in [0, 0.1) is 0 Å². The molecule has 2 N–H and O–H groups in total. The van der Waals surface area contributed by atoms with Crippen LogP contribution in [0.25, 0.3) is 11.5 Å². The summed E-state index contributed by atoms with van der Waals surface area (Å²) in [6.45, 7) is 4.29. The average Bonchev–Trinajstić information content (AvgIpc) is 2.95. The summed E-state index contributed by atoms with van der Waals surface area (Å²) in [5.41, 5.74) is 2.55. The highest BCUT2D eigenvalue weighted by atomic mass is 16.5. The first kappa shape index (κ1) is 14.0. The maximum absolute atomic E-state index is 11.1. The van der Waals surface area contributed by atoms with Gasteiger partial charge in [0, 0.05) is 18.1 Å². The van der Waals surface area contributed by atoms with Gasteiger partial charge in [-0.1, -0.05) is 31.1 Å². The van der Waals surface area contributed by atoms with E-state index in [9.17, 15) is 4.79 Å². The van der Waals surface area contributed by atoms with E-state index in [2.05, 4.69) is 55.9 Å². The Morgan fingerprint density at radius 2 is 1.86 bits per heavy atom. The second-order valence-corrected chi connectivity index (χ2v) is 5.10. The van der Waals surface area contributed by atoms with E-state index in [-0.39, 0.29) is 5.82 Å². The van der Waals surface area contributed by atoms with Crippen molar-refractivity contribution in [2.45, 2.75) is 19.8 Å². The van der Waals surface area contributed by atoms with E-state index in [0.717, 1.165) is 5.69 Å². The zero-order chi connectivity index (χ0) is 15.5. The normalized spacial score (nSPS) is 10.9. The van der Waals surface area contributed by atoms with Crippen LogP contribution in [0.4, 0.5) is 11.5 Å². The van der Waals surface area contributed by atoms with Crippen molar-refractivity contribution >= 4 is 11.5 Å². The van der Waals surface area contributed by atoms with Crippen molar-refractivity contribution in [1.29, 1.82) is 0 Å². The van der Waals surface area contributed by atoms with Gasteiger partial charge < -0.3 is 5.32 Å². The van der Waals surface area contributed by atoms with E-state index >= 15 is 0 Å². The highest BCUT2D eigenvalue weighted by Crippen LogP contribution is 2.24. The van der Waals surface area contributed by atoms with E-state index in [0.29, 0.717) is 17.4 Å². The summed E-state index contributed by atoms with van der Waals surface area (Å²) >= 11 is 0. The Kier molecular flexibility index (Phi) is 3.69. The molecule has 0 aliphatic rings. The van der Waals surface area contributed by atoms with Crippen LogP contribution in [0.15, 0.2) is 46.0 Å². The van der Waals surface area contributed by atoms with Crippen molar-refractivity contribution in [1.82, 2.24) is 20.1 Å². The molecule has 0 unspecified atom stereocenters. The molecule has 0 atom stereocenters. The smallest absolute Gasteiger partial charge is 0.338 e. The molecule has 0 amide bonds. The zero-order valence-corrected chi connectivity index (χ0v) is 12.2. The van der Waals surface area contributed by atoms with Crippen LogP contribution in [0.5, 0.6) is 0 Å². The van der Waals surface area contributed by atoms with Crippen LogP contribution >= 0.6 is 0 Å². The van der Waals surface area contributed by atoms with Gasteiger partial charge in [-0.15, -0.1) is 0 Å². The Labute approximate surface area is 126 Å². The minimum Gasteiger partial charge on any atom is -0.338 e. The van der Waals surface area contributed by atoms with Gasteiger partial charge in [0.1, 0.15) is 0 Å². The highest BCUT2D eigenvalue weighted by Gasteiger charge is 2.13. The van der Waals surface area contributed by atoms with Crippen LogP contribution in [-0.2, 0) is 0 Å². The number of hydrogen-bond acceptors (Lipinski definition) is 6. The van der Waals surface area contributed by atoms with Crippen molar-refractivity contribution < 1.29 is 4.52 Å². The molecular weight excluding hydrogens is 282 g/mol. The summed E-state index contributed by atoms with van der Waals surface area (Å²) in [4.78, 5) is 22.0. The first-order chi connectivity index (χ1) is 10.6. The van der Waals surface area contributed by atoms with Gasteiger partial charge in [0.05, 0.1) is 0 Å². The molecule has 112 valence electrons. The second-order valence-electron chi connectivity index (χ2n) is 5.10. The lowest BCUT2D eigenvalue weighted by Crippen LogP contribution is -2.01. The van der Waals surface area contributed by atoms with E-state index in [1.165, 1.54) is 11.8 Å². The first-order valence-corrected chi connectivity index (χ1v) is 6.88. The number of benzene rings is 1. The standard InChI is InChI=1S/C15H15N5O2/c1-9(2)10-3-5-11(6-4-10)18-13-12(16-7-8-17-13)14-19-15(21)22-20-14/h3-9H,1-2H3,(H,17,18)(H,19,20,21). The summed E-state index contributed by atoms with van der Waals surface area (Å²) in [5, 5.41) is 6.81. The molecule has 0 bridgehead atoms. The van der Waals surface area contributed by atoms with Gasteiger partial charge in [-0.2, -0.15) is 0 Å². The number of nitrogens with zero attached hydrogens (tertiary/aromatic N) is 3. The summed E-state index contributed by atoms with van der Waals surface area (Å²) in [5.74, 6) is 0.568. The van der Waals surface area contributed by atoms with Gasteiger partial charge in [0.15, 0.2) is 11.5 Å². The molecule has 1 aromatic carbocycles. The van der Waals surface area contributed by atoms with Crippen LogP contribution in [0.3, 0.4) is 0 Å². The Morgan fingerprint density at radius 1 is 1.14 bits per heavy atom. The molecule has 0 saturated carbocycles. The molecule has 2 aromatic heterocycles. The number of aromatic amines is 1. The van der Waals surface area contributed by atoms with Crippen LogP contribution in [0.2, 0.25) is 0 Å². The number of anilines is 2. The molecule has 3 rings (SSSR count). The fraction of sp³-hybridized carbons (Fsp3) is 0.200. The summed E-state index contributed by atoms with van der Waals surface area (Å²) < 4.78 is 4.51. The zero-order valence-electron chi connectivity index (χ0n) is 12.2. The topological polar surface area (TPSA) is 96.7 Å². The highest BCUT2D eigenvalue weighted by molar-refractivity contribution is 5.70. The van der Waals surface area contributed by atoms with E-state index in [1.54, 1.807) is 6.20 Å². The Balaban J connectivity index is 1.91. The van der Waals surface area contributed by atoms with Crippen LogP contribution in [-0.4, -0.2) is 20.1 Å². The number of H-pyrrole nitrogens is 1. The molecule has 7 nitrogen and oxygen atoms in total. The third kappa shape index (κ3) is 2.88. The third-order valence-corrected chi connectivity index (χ3v) is 3.20. The molecule has 7 heteroatoms. The SMILES string of the molecule is CC(C)c1ccc(Nc2nccnc2-c2noc(=O)[nH]2)cc1. The molecule has 0 aliphatic carbocycles. The Morgan fingerprint density at radius 3 is 2.50 bits per heavy atom. The van der Waals surface area contributed by atoms with Crippen molar-refractivity contribution in [2.75, 3.05) is 5.32 Å². The number of hydrogen-bond donors (Lipinski definition) is 2. The van der Waals surface area contributed by atoms with Crippen molar-refractivity contribution in [3.63, 3.8) is 0 Å². The van der Waals surface area contributed by atoms with E-state index in [4.69, 9.17) is 0 Å². The predicted molar refractivity (Wildman–Crippen MR) is 82.0 cm³/mol. The molecule has 0 radical (unpaired) electrons. The average molecular weight is 297 g/mol. The lowest BCUT2D eigenvalue weighted by atomic mass is 10.0. The molecule has 0 saturated heterocycles. The van der Waals surface area contributed by atoms with Crippen molar-refractivity contribution in [3.8, 4) is 11.5 Å². The minimum absolute atomic E-state index is 0.236. The Hall–Kier alpha value is -2.96. The second kappa shape index (κ2) is 5.80. The molecular formula is C15H15N5O2. The Bertz CT molecular complexity index is 820. The molecule has 0 aliphatic heterocycles. The predicted octanol–water partition coefficient (Wildman–Crippen LogP) is 2.69. The lowest BCUT2D eigenvalue weighted by molar-refractivity contribution is 0.387. The number of rotatable bonds is 4. The molecule has 22 heavy (non-hydrogen) atoms. The lowest BCUT2D eigenvalue weighted by Gasteiger charge is -2.10. The van der Waals surface area contributed by atoms with Gasteiger partial charge in [-0.3, -0.25) is 9.51 Å². The minimum atomic E-state index is -0.632. The van der Waals surface area contributed by atoms with E-state index < -0.39 is 5.76 Å². The fourth-order valence-corrected chi connectivity index (χ4v) is 2.02. The van der Waals surface area contributed by atoms with Gasteiger partial charge >= 0.3 is 5.76 Å². The fourth-order valence-electron chi connectivity index (χ4n) is 2.02. The number of aromatic nitrogens is 4. The maximum atomic E-state index is 11.1. The molecule has 0 fully saturated rings. The number of nitrogens with one attached hydrogen (secondary N) is 2. The quantitative estimate of drug-likeness (QED) is 0.768.